The second kappa shape index (κ2) is 7.41. The van der Waals surface area contributed by atoms with E-state index < -0.39 is 10.0 Å². The number of hydrogen-bond acceptors (Lipinski definition) is 7. The van der Waals surface area contributed by atoms with Crippen LogP contribution in [0.2, 0.25) is 0 Å². The lowest BCUT2D eigenvalue weighted by atomic mass is 10.00. The largest absolute Gasteiger partial charge is 0.497 e. The maximum Gasteiger partial charge on any atom is 0.243 e. The molecule has 27 heavy (non-hydrogen) atoms. The summed E-state index contributed by atoms with van der Waals surface area (Å²) in [5.74, 6) is 1.56. The van der Waals surface area contributed by atoms with Crippen LogP contribution in [-0.2, 0) is 10.0 Å². The Bertz CT molecular complexity index is 998. The van der Waals surface area contributed by atoms with E-state index in [2.05, 4.69) is 10.1 Å². The number of nitrogens with zero attached hydrogens (tertiary/aromatic N) is 3. The highest BCUT2D eigenvalue weighted by molar-refractivity contribution is 7.89. The molecule has 2 aromatic heterocycles. The first-order valence-corrected chi connectivity index (χ1v) is 10.9. The van der Waals surface area contributed by atoms with Crippen molar-refractivity contribution in [2.45, 2.75) is 23.7 Å². The Morgan fingerprint density at radius 2 is 2.07 bits per heavy atom. The molecule has 0 spiro atoms. The van der Waals surface area contributed by atoms with Crippen molar-refractivity contribution in [2.75, 3.05) is 20.2 Å². The Morgan fingerprint density at radius 1 is 1.26 bits per heavy atom. The Kier molecular flexibility index (Phi) is 4.98. The molecule has 1 atom stereocenters. The Hall–Kier alpha value is -2.23. The number of rotatable bonds is 5. The van der Waals surface area contributed by atoms with E-state index in [0.29, 0.717) is 30.6 Å². The number of sulfonamides is 1. The topological polar surface area (TPSA) is 85.5 Å². The van der Waals surface area contributed by atoms with Gasteiger partial charge in [0.05, 0.1) is 22.8 Å². The van der Waals surface area contributed by atoms with Gasteiger partial charge in [-0.05, 0) is 48.6 Å². The minimum Gasteiger partial charge on any atom is -0.497 e. The average molecular weight is 406 g/mol. The molecule has 7 nitrogen and oxygen atoms in total. The van der Waals surface area contributed by atoms with Crippen LogP contribution in [0, 0.1) is 0 Å². The van der Waals surface area contributed by atoms with E-state index in [9.17, 15) is 8.42 Å². The molecule has 0 amide bonds. The maximum atomic E-state index is 13.0. The minimum absolute atomic E-state index is 0.104. The number of piperidine rings is 1. The molecule has 3 heterocycles. The summed E-state index contributed by atoms with van der Waals surface area (Å²) in [6.07, 6.45) is 1.57. The van der Waals surface area contributed by atoms with Gasteiger partial charge in [0.15, 0.2) is 0 Å². The zero-order valence-electron chi connectivity index (χ0n) is 14.7. The molecule has 0 radical (unpaired) electrons. The first-order valence-electron chi connectivity index (χ1n) is 8.59. The number of hydrogen-bond donors (Lipinski definition) is 0. The Balaban J connectivity index is 1.53. The first-order chi connectivity index (χ1) is 13.1. The van der Waals surface area contributed by atoms with Crippen LogP contribution in [0.1, 0.15) is 24.7 Å². The number of thiophene rings is 1. The van der Waals surface area contributed by atoms with Gasteiger partial charge >= 0.3 is 0 Å². The summed E-state index contributed by atoms with van der Waals surface area (Å²) in [7, 11) is -2.03. The fourth-order valence-electron chi connectivity index (χ4n) is 3.17. The third-order valence-corrected chi connectivity index (χ3v) is 7.36. The van der Waals surface area contributed by atoms with Gasteiger partial charge in [0.2, 0.25) is 21.7 Å². The van der Waals surface area contributed by atoms with Gasteiger partial charge in [0.1, 0.15) is 5.75 Å². The number of aromatic nitrogens is 2. The van der Waals surface area contributed by atoms with E-state index in [1.807, 2.05) is 17.5 Å². The highest BCUT2D eigenvalue weighted by atomic mass is 32.2. The van der Waals surface area contributed by atoms with Crippen LogP contribution >= 0.6 is 11.3 Å². The third kappa shape index (κ3) is 3.62. The van der Waals surface area contributed by atoms with E-state index in [4.69, 9.17) is 9.26 Å². The fourth-order valence-corrected chi connectivity index (χ4v) is 5.34. The molecule has 0 N–H and O–H groups in total. The van der Waals surface area contributed by atoms with Crippen LogP contribution in [0.3, 0.4) is 0 Å². The quantitative estimate of drug-likeness (QED) is 0.647. The van der Waals surface area contributed by atoms with Crippen molar-refractivity contribution in [3.63, 3.8) is 0 Å². The zero-order valence-corrected chi connectivity index (χ0v) is 16.4. The summed E-state index contributed by atoms with van der Waals surface area (Å²) in [5, 5.41) is 5.99. The number of ether oxygens (including phenoxy) is 1. The van der Waals surface area contributed by atoms with Crippen molar-refractivity contribution in [1.29, 1.82) is 0 Å². The van der Waals surface area contributed by atoms with Crippen molar-refractivity contribution in [3.8, 4) is 16.5 Å². The minimum atomic E-state index is -3.57. The molecule has 9 heteroatoms. The predicted octanol–water partition coefficient (Wildman–Crippen LogP) is 3.38. The molecule has 0 bridgehead atoms. The Labute approximate surface area is 161 Å². The molecule has 1 aromatic carbocycles. The highest BCUT2D eigenvalue weighted by Crippen LogP contribution is 2.31. The molecule has 142 valence electrons. The molecule has 1 saturated heterocycles. The van der Waals surface area contributed by atoms with Gasteiger partial charge in [-0.3, -0.25) is 0 Å². The monoisotopic (exact) mass is 405 g/mol. The fraction of sp³-hybridized carbons (Fsp3) is 0.333. The lowest BCUT2D eigenvalue weighted by molar-refractivity contribution is 0.265. The first kappa shape index (κ1) is 18.1. The van der Waals surface area contributed by atoms with E-state index in [-0.39, 0.29) is 10.8 Å². The second-order valence-electron chi connectivity index (χ2n) is 6.31. The molecule has 0 saturated carbocycles. The van der Waals surface area contributed by atoms with E-state index in [1.54, 1.807) is 31.4 Å². The zero-order chi connectivity index (χ0) is 18.9. The van der Waals surface area contributed by atoms with E-state index in [0.717, 1.165) is 17.7 Å². The molecule has 4 rings (SSSR count). The summed E-state index contributed by atoms with van der Waals surface area (Å²) < 4.78 is 38.0. The Morgan fingerprint density at radius 3 is 2.78 bits per heavy atom. The van der Waals surface area contributed by atoms with Crippen LogP contribution in [0.4, 0.5) is 0 Å². The maximum absolute atomic E-state index is 13.0. The van der Waals surface area contributed by atoms with E-state index >= 15 is 0 Å². The van der Waals surface area contributed by atoms with Gasteiger partial charge in [0, 0.05) is 13.1 Å². The summed E-state index contributed by atoms with van der Waals surface area (Å²) >= 11 is 1.54. The van der Waals surface area contributed by atoms with Gasteiger partial charge in [-0.25, -0.2) is 8.42 Å². The molecule has 3 aromatic rings. The normalized spacial score (nSPS) is 18.5. The molecular formula is C18H19N3O4S2. The summed E-state index contributed by atoms with van der Waals surface area (Å²) in [4.78, 5) is 5.67. The average Bonchev–Trinajstić information content (AvgIpc) is 3.40. The van der Waals surface area contributed by atoms with Crippen LogP contribution in [0.25, 0.3) is 10.7 Å². The molecule has 1 aliphatic heterocycles. The molecule has 1 fully saturated rings. The lowest BCUT2D eigenvalue weighted by Crippen LogP contribution is -2.39. The molecule has 1 unspecified atom stereocenters. The molecule has 1 aliphatic rings. The van der Waals surface area contributed by atoms with Gasteiger partial charge in [-0.15, -0.1) is 11.3 Å². The molecule has 0 aliphatic carbocycles. The van der Waals surface area contributed by atoms with Crippen molar-refractivity contribution in [2.24, 2.45) is 0 Å². The van der Waals surface area contributed by atoms with Crippen molar-refractivity contribution in [3.05, 3.63) is 47.7 Å². The van der Waals surface area contributed by atoms with Gasteiger partial charge in [-0.1, -0.05) is 11.2 Å². The SMILES string of the molecule is COc1ccc(S(=O)(=O)N2CCCC(c3nc(-c4cccs4)no3)C2)cc1. The summed E-state index contributed by atoms with van der Waals surface area (Å²) in [6.45, 7) is 0.817. The van der Waals surface area contributed by atoms with Crippen LogP contribution in [0.5, 0.6) is 5.75 Å². The van der Waals surface area contributed by atoms with Crippen LogP contribution in [-0.4, -0.2) is 43.1 Å². The van der Waals surface area contributed by atoms with Crippen molar-refractivity contribution in [1.82, 2.24) is 14.4 Å². The summed E-state index contributed by atoms with van der Waals surface area (Å²) in [5.41, 5.74) is 0. The predicted molar refractivity (Wildman–Crippen MR) is 101 cm³/mol. The lowest BCUT2D eigenvalue weighted by Gasteiger charge is -2.30. The third-order valence-electron chi connectivity index (χ3n) is 4.61. The van der Waals surface area contributed by atoms with Crippen LogP contribution < -0.4 is 4.74 Å². The number of benzene rings is 1. The van der Waals surface area contributed by atoms with E-state index in [1.165, 1.54) is 15.6 Å². The number of methoxy groups -OCH3 is 1. The molecular weight excluding hydrogens is 386 g/mol. The van der Waals surface area contributed by atoms with Crippen molar-refractivity contribution < 1.29 is 17.7 Å². The van der Waals surface area contributed by atoms with Gasteiger partial charge < -0.3 is 9.26 Å². The second-order valence-corrected chi connectivity index (χ2v) is 9.20. The van der Waals surface area contributed by atoms with Gasteiger partial charge in [0.25, 0.3) is 0 Å². The van der Waals surface area contributed by atoms with Crippen molar-refractivity contribution >= 4 is 21.4 Å². The van der Waals surface area contributed by atoms with Crippen LogP contribution in [0.15, 0.2) is 51.2 Å². The smallest absolute Gasteiger partial charge is 0.243 e. The standard InChI is InChI=1S/C18H19N3O4S2/c1-24-14-6-8-15(9-7-14)27(22,23)21-10-2-4-13(12-21)18-19-17(20-25-18)16-5-3-11-26-16/h3,5-9,11,13H,2,4,10,12H2,1H3. The van der Waals surface area contributed by atoms with Gasteiger partial charge in [-0.2, -0.15) is 9.29 Å². The highest BCUT2D eigenvalue weighted by Gasteiger charge is 2.33. The summed E-state index contributed by atoms with van der Waals surface area (Å²) in [6, 6.07) is 10.3.